The summed E-state index contributed by atoms with van der Waals surface area (Å²) in [6.07, 6.45) is 1.72. The maximum atomic E-state index is 13.9. The fourth-order valence-electron chi connectivity index (χ4n) is 2.76. The molecule has 0 aliphatic heterocycles. The third-order valence-electron chi connectivity index (χ3n) is 3.80. The standard InChI is InChI=1S/C17H16FNO2/c1-21-17(20)13-6-7-15(18)16(10-13)19-14-8-11-4-2-3-5-12(11)9-14/h2-7,10,14,19H,8-9H2,1H3. The second-order valence-corrected chi connectivity index (χ2v) is 5.20. The molecule has 3 nitrogen and oxygen atoms in total. The van der Waals surface area contributed by atoms with Gasteiger partial charge >= 0.3 is 5.97 Å². The van der Waals surface area contributed by atoms with Gasteiger partial charge in [-0.2, -0.15) is 0 Å². The van der Waals surface area contributed by atoms with Crippen LogP contribution in [0.5, 0.6) is 0 Å². The topological polar surface area (TPSA) is 38.3 Å². The number of ether oxygens (including phenoxy) is 1. The number of halogens is 1. The van der Waals surface area contributed by atoms with E-state index < -0.39 is 5.97 Å². The van der Waals surface area contributed by atoms with Crippen LogP contribution in [0.2, 0.25) is 0 Å². The second-order valence-electron chi connectivity index (χ2n) is 5.20. The molecular weight excluding hydrogens is 269 g/mol. The van der Waals surface area contributed by atoms with E-state index in [-0.39, 0.29) is 11.9 Å². The summed E-state index contributed by atoms with van der Waals surface area (Å²) in [7, 11) is 1.31. The molecule has 2 aromatic rings. The van der Waals surface area contributed by atoms with Crippen LogP contribution in [0.4, 0.5) is 10.1 Å². The largest absolute Gasteiger partial charge is 0.465 e. The fourth-order valence-corrected chi connectivity index (χ4v) is 2.76. The van der Waals surface area contributed by atoms with E-state index in [9.17, 15) is 9.18 Å². The van der Waals surface area contributed by atoms with Gasteiger partial charge in [-0.05, 0) is 42.2 Å². The Bertz CT molecular complexity index is 659. The molecule has 0 spiro atoms. The first-order valence-corrected chi connectivity index (χ1v) is 6.88. The van der Waals surface area contributed by atoms with Crippen LogP contribution in [-0.4, -0.2) is 19.1 Å². The maximum Gasteiger partial charge on any atom is 0.337 e. The van der Waals surface area contributed by atoms with Crippen molar-refractivity contribution in [2.24, 2.45) is 0 Å². The van der Waals surface area contributed by atoms with Gasteiger partial charge in [0.1, 0.15) is 5.82 Å². The number of fused-ring (bicyclic) bond motifs is 1. The lowest BCUT2D eigenvalue weighted by atomic mass is 10.1. The number of benzene rings is 2. The number of carbonyl (C=O) groups is 1. The van der Waals surface area contributed by atoms with Gasteiger partial charge in [-0.25, -0.2) is 9.18 Å². The van der Waals surface area contributed by atoms with Gasteiger partial charge in [0.15, 0.2) is 0 Å². The minimum absolute atomic E-state index is 0.143. The molecule has 1 N–H and O–H groups in total. The summed E-state index contributed by atoms with van der Waals surface area (Å²) in [4.78, 5) is 11.5. The van der Waals surface area contributed by atoms with Crippen LogP contribution in [-0.2, 0) is 17.6 Å². The number of carbonyl (C=O) groups excluding carboxylic acids is 1. The molecule has 0 saturated carbocycles. The minimum Gasteiger partial charge on any atom is -0.465 e. The van der Waals surface area contributed by atoms with Crippen molar-refractivity contribution in [2.75, 3.05) is 12.4 Å². The van der Waals surface area contributed by atoms with Gasteiger partial charge < -0.3 is 10.1 Å². The Kier molecular flexibility index (Phi) is 3.60. The van der Waals surface area contributed by atoms with Crippen molar-refractivity contribution >= 4 is 11.7 Å². The average Bonchev–Trinajstić information content (AvgIpc) is 2.91. The number of esters is 1. The number of hydrogen-bond donors (Lipinski definition) is 1. The van der Waals surface area contributed by atoms with Crippen molar-refractivity contribution in [2.45, 2.75) is 18.9 Å². The zero-order valence-corrected chi connectivity index (χ0v) is 11.7. The Morgan fingerprint density at radius 3 is 2.48 bits per heavy atom. The normalized spacial score (nSPS) is 13.8. The molecule has 0 amide bonds. The van der Waals surface area contributed by atoms with Gasteiger partial charge in [0.05, 0.1) is 18.4 Å². The zero-order chi connectivity index (χ0) is 14.8. The highest BCUT2D eigenvalue weighted by Gasteiger charge is 2.22. The van der Waals surface area contributed by atoms with Crippen molar-refractivity contribution in [3.8, 4) is 0 Å². The zero-order valence-electron chi connectivity index (χ0n) is 11.7. The summed E-state index contributed by atoms with van der Waals surface area (Å²) < 4.78 is 18.6. The van der Waals surface area contributed by atoms with Crippen molar-refractivity contribution in [1.29, 1.82) is 0 Å². The summed E-state index contributed by atoms with van der Waals surface area (Å²) >= 11 is 0. The number of nitrogens with one attached hydrogen (secondary N) is 1. The van der Waals surface area contributed by atoms with Crippen LogP contribution in [0, 0.1) is 5.82 Å². The Hall–Kier alpha value is -2.36. The molecule has 4 heteroatoms. The molecule has 0 atom stereocenters. The molecular formula is C17H16FNO2. The molecule has 0 fully saturated rings. The lowest BCUT2D eigenvalue weighted by Gasteiger charge is -2.15. The summed E-state index contributed by atoms with van der Waals surface area (Å²) in [5.74, 6) is -0.827. The minimum atomic E-state index is -0.465. The molecule has 1 aliphatic carbocycles. The third-order valence-corrected chi connectivity index (χ3v) is 3.80. The van der Waals surface area contributed by atoms with Gasteiger partial charge in [0, 0.05) is 6.04 Å². The monoisotopic (exact) mass is 285 g/mol. The number of hydrogen-bond acceptors (Lipinski definition) is 3. The number of rotatable bonds is 3. The highest BCUT2D eigenvalue weighted by Crippen LogP contribution is 2.26. The Labute approximate surface area is 122 Å². The average molecular weight is 285 g/mol. The van der Waals surface area contributed by atoms with Gasteiger partial charge in [0.25, 0.3) is 0 Å². The smallest absolute Gasteiger partial charge is 0.337 e. The maximum absolute atomic E-state index is 13.9. The Balaban J connectivity index is 1.78. The predicted molar refractivity (Wildman–Crippen MR) is 79.0 cm³/mol. The SMILES string of the molecule is COC(=O)c1ccc(F)c(NC2Cc3ccccc3C2)c1. The van der Waals surface area contributed by atoms with E-state index >= 15 is 0 Å². The first-order valence-electron chi connectivity index (χ1n) is 6.88. The van der Waals surface area contributed by atoms with E-state index in [0.29, 0.717) is 11.3 Å². The first-order chi connectivity index (χ1) is 10.2. The molecule has 0 aromatic heterocycles. The highest BCUT2D eigenvalue weighted by atomic mass is 19.1. The molecule has 0 radical (unpaired) electrons. The van der Waals surface area contributed by atoms with E-state index in [4.69, 9.17) is 0 Å². The van der Waals surface area contributed by atoms with Gasteiger partial charge in [-0.1, -0.05) is 24.3 Å². The molecule has 3 rings (SSSR count). The van der Waals surface area contributed by atoms with Crippen LogP contribution < -0.4 is 5.32 Å². The lowest BCUT2D eigenvalue weighted by Crippen LogP contribution is -2.20. The van der Waals surface area contributed by atoms with E-state index in [1.807, 2.05) is 12.1 Å². The van der Waals surface area contributed by atoms with E-state index in [1.54, 1.807) is 0 Å². The Morgan fingerprint density at radius 1 is 1.19 bits per heavy atom. The fraction of sp³-hybridized carbons (Fsp3) is 0.235. The van der Waals surface area contributed by atoms with Gasteiger partial charge in [-0.3, -0.25) is 0 Å². The number of methoxy groups -OCH3 is 1. The van der Waals surface area contributed by atoms with E-state index in [2.05, 4.69) is 22.2 Å². The second kappa shape index (κ2) is 5.56. The van der Waals surface area contributed by atoms with Crippen LogP contribution in [0.1, 0.15) is 21.5 Å². The molecule has 0 unspecified atom stereocenters. The number of anilines is 1. The quantitative estimate of drug-likeness (QED) is 0.880. The summed E-state index contributed by atoms with van der Waals surface area (Å²) in [6, 6.07) is 12.6. The van der Waals surface area contributed by atoms with Crippen LogP contribution in [0.25, 0.3) is 0 Å². The first kappa shape index (κ1) is 13.6. The van der Waals surface area contributed by atoms with Crippen LogP contribution in [0.15, 0.2) is 42.5 Å². The van der Waals surface area contributed by atoms with Crippen molar-refractivity contribution < 1.29 is 13.9 Å². The molecule has 21 heavy (non-hydrogen) atoms. The molecule has 108 valence electrons. The van der Waals surface area contributed by atoms with Gasteiger partial charge in [-0.15, -0.1) is 0 Å². The third kappa shape index (κ3) is 2.75. The summed E-state index contributed by atoms with van der Waals surface area (Å²) in [5.41, 5.74) is 3.27. The highest BCUT2D eigenvalue weighted by molar-refractivity contribution is 5.90. The van der Waals surface area contributed by atoms with E-state index in [0.717, 1.165) is 12.8 Å². The molecule has 1 aliphatic rings. The van der Waals surface area contributed by atoms with Crippen LogP contribution in [0.3, 0.4) is 0 Å². The molecule has 0 heterocycles. The van der Waals surface area contributed by atoms with Crippen molar-refractivity contribution in [3.05, 3.63) is 65.0 Å². The Morgan fingerprint density at radius 2 is 1.86 bits per heavy atom. The van der Waals surface area contributed by atoms with Crippen molar-refractivity contribution in [1.82, 2.24) is 0 Å². The summed E-state index contributed by atoms with van der Waals surface area (Å²) in [6.45, 7) is 0. The lowest BCUT2D eigenvalue weighted by molar-refractivity contribution is 0.0600. The van der Waals surface area contributed by atoms with Gasteiger partial charge in [0.2, 0.25) is 0 Å². The van der Waals surface area contributed by atoms with E-state index in [1.165, 1.54) is 36.4 Å². The molecule has 2 aromatic carbocycles. The summed E-state index contributed by atoms with van der Waals surface area (Å²) in [5, 5.41) is 3.19. The van der Waals surface area contributed by atoms with Crippen LogP contribution >= 0.6 is 0 Å². The molecule has 0 bridgehead atoms. The molecule has 0 saturated heterocycles. The van der Waals surface area contributed by atoms with Crippen molar-refractivity contribution in [3.63, 3.8) is 0 Å². The predicted octanol–water partition coefficient (Wildman–Crippen LogP) is 3.19.